The van der Waals surface area contributed by atoms with Crippen LogP contribution in [0, 0.1) is 11.8 Å². The Bertz CT molecular complexity index is 1140. The van der Waals surface area contributed by atoms with E-state index in [2.05, 4.69) is 16.0 Å². The number of hydrogen-bond donors (Lipinski definition) is 1. The Balaban J connectivity index is 1.30. The number of aromatic nitrogens is 1. The first kappa shape index (κ1) is 25.9. The standard InChI is InChI=1S/C27H32ClFN2O3S/c1-34-19-6-9-25-22(16-19)21(11-13-30-25)24(29)8-5-18-12-15-31(17-23(18)27(32)33)14-3-2-4-20-7-10-26(28)35-20/h6-7,9-11,13,16,18,23-24H,2-5,8,12,14-15,17H2,1H3,(H,32,33)/t18-,23+,24+/m1/s1. The van der Waals surface area contributed by atoms with Crippen molar-refractivity contribution in [3.8, 4) is 5.75 Å². The third kappa shape index (κ3) is 6.72. The van der Waals surface area contributed by atoms with Gasteiger partial charge in [0.1, 0.15) is 11.9 Å². The molecule has 1 saturated heterocycles. The number of thiophene rings is 1. The van der Waals surface area contributed by atoms with E-state index in [1.807, 2.05) is 24.3 Å². The van der Waals surface area contributed by atoms with Gasteiger partial charge in [-0.3, -0.25) is 9.78 Å². The predicted molar refractivity (Wildman–Crippen MR) is 139 cm³/mol. The number of carboxylic acid groups (broad SMARTS) is 1. The first-order valence-electron chi connectivity index (χ1n) is 12.2. The Hall–Kier alpha value is -2.22. The van der Waals surface area contributed by atoms with Crippen LogP contribution < -0.4 is 4.74 Å². The Labute approximate surface area is 214 Å². The topological polar surface area (TPSA) is 62.7 Å². The van der Waals surface area contributed by atoms with Crippen LogP contribution in [0.5, 0.6) is 5.75 Å². The van der Waals surface area contributed by atoms with Crippen molar-refractivity contribution in [1.82, 2.24) is 9.88 Å². The van der Waals surface area contributed by atoms with Gasteiger partial charge in [0.15, 0.2) is 0 Å². The molecule has 1 aliphatic heterocycles. The number of fused-ring (bicyclic) bond motifs is 1. The second kappa shape index (κ2) is 12.2. The highest BCUT2D eigenvalue weighted by molar-refractivity contribution is 7.16. The lowest BCUT2D eigenvalue weighted by Gasteiger charge is -2.37. The molecule has 0 saturated carbocycles. The highest BCUT2D eigenvalue weighted by Gasteiger charge is 2.34. The summed E-state index contributed by atoms with van der Waals surface area (Å²) in [6.07, 6.45) is 5.18. The van der Waals surface area contributed by atoms with E-state index in [9.17, 15) is 9.90 Å². The van der Waals surface area contributed by atoms with Crippen LogP contribution in [0.15, 0.2) is 42.6 Å². The zero-order valence-corrected chi connectivity index (χ0v) is 21.5. The maximum atomic E-state index is 15.4. The van der Waals surface area contributed by atoms with E-state index < -0.39 is 18.1 Å². The number of aryl methyl sites for hydroxylation is 1. The van der Waals surface area contributed by atoms with Crippen molar-refractivity contribution in [3.05, 3.63) is 57.4 Å². The number of carboxylic acids is 1. The third-order valence-corrected chi connectivity index (χ3v) is 8.34. The molecule has 0 unspecified atom stereocenters. The number of aliphatic carboxylic acids is 1. The fourth-order valence-electron chi connectivity index (χ4n) is 5.08. The number of alkyl halides is 1. The molecule has 0 amide bonds. The molecule has 8 heteroatoms. The lowest BCUT2D eigenvalue weighted by atomic mass is 9.81. The van der Waals surface area contributed by atoms with Gasteiger partial charge in [-0.15, -0.1) is 11.3 Å². The average Bonchev–Trinajstić information content (AvgIpc) is 3.29. The summed E-state index contributed by atoms with van der Waals surface area (Å²) in [7, 11) is 1.59. The number of hydrogen-bond acceptors (Lipinski definition) is 5. The van der Waals surface area contributed by atoms with Gasteiger partial charge < -0.3 is 14.7 Å². The molecule has 2 aromatic heterocycles. The summed E-state index contributed by atoms with van der Waals surface area (Å²) in [6.45, 7) is 2.30. The summed E-state index contributed by atoms with van der Waals surface area (Å²) in [6, 6.07) is 11.2. The zero-order chi connectivity index (χ0) is 24.8. The molecule has 0 spiro atoms. The number of ether oxygens (including phenoxy) is 1. The molecule has 4 rings (SSSR count). The van der Waals surface area contributed by atoms with Gasteiger partial charge in [0, 0.05) is 23.0 Å². The van der Waals surface area contributed by atoms with E-state index in [-0.39, 0.29) is 5.92 Å². The molecule has 1 aliphatic rings. The van der Waals surface area contributed by atoms with Crippen LogP contribution in [0.2, 0.25) is 4.34 Å². The predicted octanol–water partition coefficient (Wildman–Crippen LogP) is 6.79. The molecular formula is C27H32ClFN2O3S. The molecule has 0 radical (unpaired) electrons. The number of piperidine rings is 1. The van der Waals surface area contributed by atoms with Crippen LogP contribution in [-0.4, -0.2) is 47.7 Å². The molecule has 5 nitrogen and oxygen atoms in total. The second-order valence-corrected chi connectivity index (χ2v) is 11.1. The first-order chi connectivity index (χ1) is 16.9. The van der Waals surface area contributed by atoms with Crippen molar-refractivity contribution < 1.29 is 19.0 Å². The van der Waals surface area contributed by atoms with Crippen molar-refractivity contribution >= 4 is 39.8 Å². The lowest BCUT2D eigenvalue weighted by molar-refractivity contribution is -0.146. The number of rotatable bonds is 11. The Morgan fingerprint density at radius 3 is 2.91 bits per heavy atom. The normalized spacial score (nSPS) is 19.6. The number of benzene rings is 1. The molecule has 0 bridgehead atoms. The van der Waals surface area contributed by atoms with E-state index in [4.69, 9.17) is 16.3 Å². The van der Waals surface area contributed by atoms with E-state index >= 15 is 4.39 Å². The third-order valence-electron chi connectivity index (χ3n) is 7.04. The Kier molecular flexibility index (Phi) is 8.98. The minimum Gasteiger partial charge on any atom is -0.497 e. The number of nitrogens with zero attached hydrogens (tertiary/aromatic N) is 2. The molecule has 1 aromatic carbocycles. The minimum atomic E-state index is -1.18. The minimum absolute atomic E-state index is 0.0158. The summed E-state index contributed by atoms with van der Waals surface area (Å²) in [4.78, 5) is 19.9. The van der Waals surface area contributed by atoms with Gasteiger partial charge in [-0.05, 0) is 99.5 Å². The number of pyridine rings is 1. The Morgan fingerprint density at radius 1 is 1.31 bits per heavy atom. The summed E-state index contributed by atoms with van der Waals surface area (Å²) >= 11 is 7.62. The Morgan fingerprint density at radius 2 is 2.17 bits per heavy atom. The molecule has 188 valence electrons. The van der Waals surface area contributed by atoms with Crippen LogP contribution in [-0.2, 0) is 11.2 Å². The van der Waals surface area contributed by atoms with Gasteiger partial charge in [-0.2, -0.15) is 0 Å². The lowest BCUT2D eigenvalue weighted by Crippen LogP contribution is -2.44. The van der Waals surface area contributed by atoms with E-state index in [1.165, 1.54) is 4.88 Å². The number of carbonyl (C=O) groups is 1. The summed E-state index contributed by atoms with van der Waals surface area (Å²) < 4.78 is 21.5. The molecule has 1 fully saturated rings. The first-order valence-corrected chi connectivity index (χ1v) is 13.4. The second-order valence-electron chi connectivity index (χ2n) is 9.29. The largest absolute Gasteiger partial charge is 0.497 e. The maximum Gasteiger partial charge on any atom is 0.308 e. The number of methoxy groups -OCH3 is 1. The fourth-order valence-corrected chi connectivity index (χ4v) is 6.21. The van der Waals surface area contributed by atoms with Gasteiger partial charge in [0.2, 0.25) is 0 Å². The van der Waals surface area contributed by atoms with Crippen LogP contribution in [0.3, 0.4) is 0 Å². The molecule has 0 aliphatic carbocycles. The highest BCUT2D eigenvalue weighted by Crippen LogP contribution is 2.35. The summed E-state index contributed by atoms with van der Waals surface area (Å²) in [5.74, 6) is -0.585. The summed E-state index contributed by atoms with van der Waals surface area (Å²) in [5, 5.41) is 10.6. The molecule has 1 N–H and O–H groups in total. The molecule has 3 aromatic rings. The number of unbranched alkanes of at least 4 members (excludes halogenated alkanes) is 1. The maximum absolute atomic E-state index is 15.4. The smallest absolute Gasteiger partial charge is 0.308 e. The van der Waals surface area contributed by atoms with Gasteiger partial charge in [-0.25, -0.2) is 4.39 Å². The SMILES string of the molecule is COc1ccc2nccc([C@@H](F)CC[C@@H]3CCN(CCCCc4ccc(Cl)s4)C[C@@H]3C(=O)O)c2c1. The van der Waals surface area contributed by atoms with Crippen LogP contribution in [0.1, 0.15) is 48.7 Å². The molecular weight excluding hydrogens is 487 g/mol. The zero-order valence-electron chi connectivity index (χ0n) is 20.0. The van der Waals surface area contributed by atoms with Crippen molar-refractivity contribution in [3.63, 3.8) is 0 Å². The van der Waals surface area contributed by atoms with Gasteiger partial charge >= 0.3 is 5.97 Å². The monoisotopic (exact) mass is 518 g/mol. The molecule has 3 atom stereocenters. The molecule has 3 heterocycles. The van der Waals surface area contributed by atoms with Gasteiger partial charge in [0.25, 0.3) is 0 Å². The average molecular weight is 519 g/mol. The fraction of sp³-hybridized carbons (Fsp3) is 0.481. The van der Waals surface area contributed by atoms with Crippen molar-refractivity contribution in [2.24, 2.45) is 11.8 Å². The van der Waals surface area contributed by atoms with Gasteiger partial charge in [0.05, 0.1) is 22.9 Å². The van der Waals surface area contributed by atoms with Crippen molar-refractivity contribution in [2.45, 2.75) is 44.7 Å². The van der Waals surface area contributed by atoms with E-state index in [0.29, 0.717) is 30.7 Å². The highest BCUT2D eigenvalue weighted by atomic mass is 35.5. The van der Waals surface area contributed by atoms with E-state index in [1.54, 1.807) is 30.7 Å². The van der Waals surface area contributed by atoms with E-state index in [0.717, 1.165) is 54.0 Å². The van der Waals surface area contributed by atoms with Crippen molar-refractivity contribution in [2.75, 3.05) is 26.7 Å². The van der Waals surface area contributed by atoms with Crippen LogP contribution in [0.4, 0.5) is 4.39 Å². The number of halogens is 2. The van der Waals surface area contributed by atoms with Crippen LogP contribution >= 0.6 is 22.9 Å². The van der Waals surface area contributed by atoms with Crippen molar-refractivity contribution in [1.29, 1.82) is 0 Å². The number of likely N-dealkylation sites (tertiary alicyclic amines) is 1. The van der Waals surface area contributed by atoms with Crippen LogP contribution in [0.25, 0.3) is 10.9 Å². The summed E-state index contributed by atoms with van der Waals surface area (Å²) in [5.41, 5.74) is 1.31. The van der Waals surface area contributed by atoms with Gasteiger partial charge in [-0.1, -0.05) is 11.6 Å². The quantitative estimate of drug-likeness (QED) is 0.283. The molecule has 35 heavy (non-hydrogen) atoms.